The van der Waals surface area contributed by atoms with Crippen molar-refractivity contribution in [3.05, 3.63) is 0 Å². The fraction of sp³-hybridized carbons (Fsp3) is 0.826. The van der Waals surface area contributed by atoms with E-state index in [1.54, 1.807) is 0 Å². The molecule has 0 aliphatic carbocycles. The van der Waals surface area contributed by atoms with E-state index in [0.29, 0.717) is 0 Å². The van der Waals surface area contributed by atoms with Gasteiger partial charge in [-0.05, 0) is 16.6 Å². The smallest absolute Gasteiger partial charge is 0.305 e. The van der Waals surface area contributed by atoms with E-state index in [-0.39, 0.29) is 23.2 Å². The number of rotatable bonds is 10. The number of ether oxygens (including phenoxy) is 5. The van der Waals surface area contributed by atoms with Crippen molar-refractivity contribution < 1.29 is 47.3 Å². The predicted octanol–water partition coefficient (Wildman–Crippen LogP) is 3.26. The van der Waals surface area contributed by atoms with Gasteiger partial charge in [-0.1, -0.05) is 41.5 Å². The van der Waals surface area contributed by atoms with Gasteiger partial charge >= 0.3 is 23.9 Å². The van der Waals surface area contributed by atoms with E-state index in [9.17, 15) is 19.2 Å². The molecule has 34 heavy (non-hydrogen) atoms. The van der Waals surface area contributed by atoms with E-state index in [1.807, 2.05) is 0 Å². The summed E-state index contributed by atoms with van der Waals surface area (Å²) in [6.07, 6.45) is -6.11. The van der Waals surface area contributed by atoms with E-state index < -0.39 is 62.9 Å². The summed E-state index contributed by atoms with van der Waals surface area (Å²) in [5.74, 6) is -2.75. The minimum Gasteiger partial charge on any atom is -0.456 e. The minimum absolute atomic E-state index is 0.00102. The molecule has 2 unspecified atom stereocenters. The second-order valence-electron chi connectivity index (χ2n) is 9.50. The van der Waals surface area contributed by atoms with Crippen LogP contribution in [0.25, 0.3) is 0 Å². The maximum atomic E-state index is 12.0. The van der Waals surface area contributed by atoms with Crippen LogP contribution >= 0.6 is 0 Å². The Balaban J connectivity index is 3.47. The highest BCUT2D eigenvalue weighted by atomic mass is 28.4. The van der Waals surface area contributed by atoms with E-state index in [2.05, 4.69) is 41.5 Å². The van der Waals surface area contributed by atoms with Gasteiger partial charge in [-0.25, -0.2) is 0 Å². The van der Waals surface area contributed by atoms with Crippen LogP contribution in [0.5, 0.6) is 0 Å². The van der Waals surface area contributed by atoms with E-state index >= 15 is 0 Å². The summed E-state index contributed by atoms with van der Waals surface area (Å²) in [4.78, 5) is 47.4. The van der Waals surface area contributed by atoms with Gasteiger partial charge in [0.2, 0.25) is 12.4 Å². The third kappa shape index (κ3) is 7.51. The molecule has 1 heterocycles. The average Bonchev–Trinajstić information content (AvgIpc) is 2.65. The van der Waals surface area contributed by atoms with Crippen LogP contribution < -0.4 is 0 Å². The zero-order valence-corrected chi connectivity index (χ0v) is 22.9. The molecule has 10 nitrogen and oxygen atoms in total. The van der Waals surface area contributed by atoms with Crippen LogP contribution in [-0.4, -0.2) is 69.5 Å². The molecule has 0 amide bonds. The van der Waals surface area contributed by atoms with Crippen LogP contribution in [0.4, 0.5) is 0 Å². The molecule has 11 heteroatoms. The fourth-order valence-electron chi connectivity index (χ4n) is 4.97. The zero-order valence-electron chi connectivity index (χ0n) is 21.9. The van der Waals surface area contributed by atoms with Crippen molar-refractivity contribution in [2.75, 3.05) is 6.61 Å². The molecule has 1 fully saturated rings. The summed E-state index contributed by atoms with van der Waals surface area (Å²) in [6.45, 7) is 17.4. The van der Waals surface area contributed by atoms with Gasteiger partial charge in [0.05, 0.1) is 6.61 Å². The monoisotopic (exact) mass is 504 g/mol. The first-order chi connectivity index (χ1) is 15.6. The van der Waals surface area contributed by atoms with Gasteiger partial charge in [0, 0.05) is 27.7 Å². The van der Waals surface area contributed by atoms with Crippen molar-refractivity contribution in [2.24, 2.45) is 0 Å². The Morgan fingerprint density at radius 1 is 0.647 bits per heavy atom. The van der Waals surface area contributed by atoms with Gasteiger partial charge < -0.3 is 28.1 Å². The highest BCUT2D eigenvalue weighted by molar-refractivity contribution is 6.77. The molecule has 0 aromatic heterocycles. The van der Waals surface area contributed by atoms with Crippen molar-refractivity contribution in [1.82, 2.24) is 0 Å². The van der Waals surface area contributed by atoms with Crippen LogP contribution in [0, 0.1) is 0 Å². The number of hydrogen-bond donors (Lipinski definition) is 0. The minimum atomic E-state index is -2.35. The molecule has 0 N–H and O–H groups in total. The molecular weight excluding hydrogens is 464 g/mol. The summed E-state index contributed by atoms with van der Waals surface area (Å²) in [6, 6.07) is 0. The van der Waals surface area contributed by atoms with Crippen LogP contribution in [0.15, 0.2) is 0 Å². The first-order valence-electron chi connectivity index (χ1n) is 11.6. The van der Waals surface area contributed by atoms with Crippen LogP contribution in [0.2, 0.25) is 16.6 Å². The van der Waals surface area contributed by atoms with E-state index in [1.165, 1.54) is 20.8 Å². The molecule has 0 aromatic rings. The summed E-state index contributed by atoms with van der Waals surface area (Å²) in [7, 11) is -2.35. The Morgan fingerprint density at radius 2 is 1.03 bits per heavy atom. The molecular formula is C23H40O10Si. The molecule has 0 bridgehead atoms. The number of hydrogen-bond acceptors (Lipinski definition) is 10. The van der Waals surface area contributed by atoms with Crippen molar-refractivity contribution >= 4 is 32.2 Å². The van der Waals surface area contributed by atoms with E-state index in [4.69, 9.17) is 28.1 Å². The third-order valence-corrected chi connectivity index (χ3v) is 12.1. The first kappa shape index (κ1) is 30.0. The summed E-state index contributed by atoms with van der Waals surface area (Å²) in [5.41, 5.74) is 0.807. The lowest BCUT2D eigenvalue weighted by atomic mass is 9.98. The summed E-state index contributed by atoms with van der Waals surface area (Å²) in [5, 5.41) is 0. The average molecular weight is 505 g/mol. The van der Waals surface area contributed by atoms with Gasteiger partial charge in [0.1, 0.15) is 6.10 Å². The lowest BCUT2D eigenvalue weighted by molar-refractivity contribution is -0.299. The molecule has 1 aliphatic rings. The molecule has 0 aromatic carbocycles. The molecule has 5 atom stereocenters. The lowest BCUT2D eigenvalue weighted by Crippen LogP contribution is -2.63. The number of esters is 4. The number of carbonyl (C=O) groups is 4. The molecule has 1 saturated heterocycles. The highest BCUT2D eigenvalue weighted by Gasteiger charge is 2.54. The van der Waals surface area contributed by atoms with Gasteiger partial charge in [0.15, 0.2) is 20.5 Å². The summed E-state index contributed by atoms with van der Waals surface area (Å²) < 4.78 is 34.1. The molecule has 0 radical (unpaired) electrons. The van der Waals surface area contributed by atoms with Gasteiger partial charge in [0.25, 0.3) is 0 Å². The van der Waals surface area contributed by atoms with E-state index in [0.717, 1.165) is 6.92 Å². The number of carbonyl (C=O) groups excluding carboxylic acids is 4. The van der Waals surface area contributed by atoms with Crippen molar-refractivity contribution in [3.8, 4) is 0 Å². The molecule has 196 valence electrons. The zero-order chi connectivity index (χ0) is 26.4. The first-order valence-corrected chi connectivity index (χ1v) is 13.8. The van der Waals surface area contributed by atoms with Gasteiger partial charge in [-0.2, -0.15) is 0 Å². The maximum Gasteiger partial charge on any atom is 0.305 e. The van der Waals surface area contributed by atoms with Gasteiger partial charge in [-0.15, -0.1) is 0 Å². The normalized spacial score (nSPS) is 25.3. The Morgan fingerprint density at radius 3 is 1.41 bits per heavy atom. The van der Waals surface area contributed by atoms with Crippen molar-refractivity contribution in [1.29, 1.82) is 0 Å². The largest absolute Gasteiger partial charge is 0.456 e. The topological polar surface area (TPSA) is 124 Å². The molecule has 1 rings (SSSR count). The summed E-state index contributed by atoms with van der Waals surface area (Å²) >= 11 is 0. The fourth-order valence-corrected chi connectivity index (χ4v) is 10.4. The van der Waals surface area contributed by atoms with Crippen LogP contribution in [-0.2, 0) is 47.3 Å². The highest BCUT2D eigenvalue weighted by Crippen LogP contribution is 2.43. The second kappa shape index (κ2) is 12.6. The molecule has 0 spiro atoms. The predicted molar refractivity (Wildman–Crippen MR) is 124 cm³/mol. The van der Waals surface area contributed by atoms with Crippen LogP contribution in [0.3, 0.4) is 0 Å². The Kier molecular flexibility index (Phi) is 11.2. The second-order valence-corrected chi connectivity index (χ2v) is 15.0. The quantitative estimate of drug-likeness (QED) is 0.249. The third-order valence-electron chi connectivity index (χ3n) is 5.98. The van der Waals surface area contributed by atoms with Crippen molar-refractivity contribution in [3.63, 3.8) is 0 Å². The maximum absolute atomic E-state index is 12.0. The standard InChI is InChI=1S/C23H40O10Si/c1-12(2)34(13(3)4,14(5)6)28-11-19-20(29-15(7)24)21(30-16(8)25)22(31-17(9)26)23(33-19)32-18(10)27/h12-14,19-23H,11H2,1-10H3/t19?,20-,21+,22?,23+/m0/s1. The Labute approximate surface area is 203 Å². The molecule has 1 aliphatic heterocycles. The van der Waals surface area contributed by atoms with Crippen LogP contribution in [0.1, 0.15) is 69.2 Å². The van der Waals surface area contributed by atoms with Crippen molar-refractivity contribution in [2.45, 2.75) is 117 Å². The Bertz CT molecular complexity index is 713. The van der Waals surface area contributed by atoms with Gasteiger partial charge in [-0.3, -0.25) is 19.2 Å². The molecule has 0 saturated carbocycles. The Hall–Kier alpha value is -1.98. The SMILES string of the molecule is CC(=O)OC1[C@H](OC(C)=O)OC(CO[Si](C(C)C)(C(C)C)C(C)C)[C@H](OC(C)=O)[C@H]1OC(C)=O. The lowest BCUT2D eigenvalue weighted by Gasteiger charge is -2.46.